The third-order valence-electron chi connectivity index (χ3n) is 6.23. The van der Waals surface area contributed by atoms with Gasteiger partial charge in [-0.05, 0) is 61.9 Å². The Morgan fingerprint density at radius 2 is 1.73 bits per heavy atom. The second kappa shape index (κ2) is 9.95. The fourth-order valence-electron chi connectivity index (χ4n) is 4.43. The SMILES string of the molecule is Cc1ccc(OCCn2cc(C=C3C(=O)NC(=O)N(c4ccc(Cl)cc4)C3=O)c3ccccc32)c(C)c1. The summed E-state index contributed by atoms with van der Waals surface area (Å²) in [7, 11) is 0. The van der Waals surface area contributed by atoms with Gasteiger partial charge < -0.3 is 9.30 Å². The fraction of sp³-hybridized carbons (Fsp3) is 0.138. The molecule has 0 aliphatic carbocycles. The highest BCUT2D eigenvalue weighted by molar-refractivity contribution is 6.39. The molecule has 3 aromatic carbocycles. The second-order valence-corrected chi connectivity index (χ2v) is 9.28. The lowest BCUT2D eigenvalue weighted by molar-refractivity contribution is -0.122. The molecule has 4 aromatic rings. The van der Waals surface area contributed by atoms with Crippen LogP contribution in [-0.4, -0.2) is 29.0 Å². The standard InChI is InChI=1S/C29H24ClN3O4/c1-18-7-12-26(19(2)15-18)37-14-13-32-17-20(23-5-3-4-6-25(23)32)16-24-27(34)31-29(36)33(28(24)35)22-10-8-21(30)9-11-22/h3-12,15-17H,13-14H2,1-2H3,(H,31,34,36). The zero-order valence-corrected chi connectivity index (χ0v) is 21.1. The molecule has 1 aromatic heterocycles. The minimum atomic E-state index is -0.805. The van der Waals surface area contributed by atoms with Gasteiger partial charge in [-0.3, -0.25) is 14.9 Å². The van der Waals surface area contributed by atoms with Gasteiger partial charge in [0.15, 0.2) is 0 Å². The van der Waals surface area contributed by atoms with Crippen LogP contribution in [0, 0.1) is 13.8 Å². The van der Waals surface area contributed by atoms with Crippen LogP contribution in [0.1, 0.15) is 16.7 Å². The molecule has 1 N–H and O–H groups in total. The number of ether oxygens (including phenoxy) is 1. The quantitative estimate of drug-likeness (QED) is 0.266. The van der Waals surface area contributed by atoms with Crippen molar-refractivity contribution in [2.45, 2.75) is 20.4 Å². The molecule has 0 radical (unpaired) electrons. The van der Waals surface area contributed by atoms with Crippen LogP contribution in [0.25, 0.3) is 17.0 Å². The van der Waals surface area contributed by atoms with E-state index in [-0.39, 0.29) is 5.57 Å². The second-order valence-electron chi connectivity index (χ2n) is 8.85. The summed E-state index contributed by atoms with van der Waals surface area (Å²) in [5, 5.41) is 3.60. The number of barbiturate groups is 1. The lowest BCUT2D eigenvalue weighted by Crippen LogP contribution is -2.54. The summed E-state index contributed by atoms with van der Waals surface area (Å²) in [5.74, 6) is -0.609. The number of carbonyl (C=O) groups is 3. The van der Waals surface area contributed by atoms with E-state index >= 15 is 0 Å². The third-order valence-corrected chi connectivity index (χ3v) is 6.48. The van der Waals surface area contributed by atoms with Crippen LogP contribution in [-0.2, 0) is 16.1 Å². The largest absolute Gasteiger partial charge is 0.491 e. The summed E-state index contributed by atoms with van der Waals surface area (Å²) >= 11 is 5.94. The van der Waals surface area contributed by atoms with E-state index in [1.165, 1.54) is 11.6 Å². The van der Waals surface area contributed by atoms with Crippen molar-refractivity contribution in [3.8, 4) is 5.75 Å². The predicted molar refractivity (Wildman–Crippen MR) is 144 cm³/mol. The van der Waals surface area contributed by atoms with Gasteiger partial charge in [0.2, 0.25) is 0 Å². The Morgan fingerprint density at radius 1 is 0.973 bits per heavy atom. The van der Waals surface area contributed by atoms with Gasteiger partial charge in [0.05, 0.1) is 12.2 Å². The number of hydrogen-bond acceptors (Lipinski definition) is 4. The molecule has 0 saturated carbocycles. The van der Waals surface area contributed by atoms with Gasteiger partial charge in [-0.15, -0.1) is 0 Å². The van der Waals surface area contributed by atoms with Crippen molar-refractivity contribution < 1.29 is 19.1 Å². The molecule has 0 bridgehead atoms. The molecule has 186 valence electrons. The van der Waals surface area contributed by atoms with E-state index in [0.29, 0.717) is 29.4 Å². The molecule has 0 atom stereocenters. The summed E-state index contributed by atoms with van der Waals surface area (Å²) in [6.07, 6.45) is 3.41. The van der Waals surface area contributed by atoms with Crippen molar-refractivity contribution >= 4 is 52.1 Å². The number of nitrogens with zero attached hydrogens (tertiary/aromatic N) is 2. The van der Waals surface area contributed by atoms with Crippen molar-refractivity contribution in [3.05, 3.63) is 100 Å². The maximum atomic E-state index is 13.3. The molecular weight excluding hydrogens is 490 g/mol. The maximum Gasteiger partial charge on any atom is 0.335 e. The number of anilines is 1. The Morgan fingerprint density at radius 3 is 2.49 bits per heavy atom. The number of rotatable bonds is 6. The summed E-state index contributed by atoms with van der Waals surface area (Å²) in [4.78, 5) is 39.4. The van der Waals surface area contributed by atoms with Gasteiger partial charge in [0.25, 0.3) is 11.8 Å². The average molecular weight is 514 g/mol. The molecule has 1 aliphatic heterocycles. The number of aromatic nitrogens is 1. The van der Waals surface area contributed by atoms with Crippen molar-refractivity contribution in [1.29, 1.82) is 0 Å². The van der Waals surface area contributed by atoms with Gasteiger partial charge in [0.1, 0.15) is 17.9 Å². The summed E-state index contributed by atoms with van der Waals surface area (Å²) in [6.45, 7) is 5.06. The smallest absolute Gasteiger partial charge is 0.335 e. The maximum absolute atomic E-state index is 13.3. The highest BCUT2D eigenvalue weighted by Gasteiger charge is 2.37. The van der Waals surface area contributed by atoms with E-state index in [1.807, 2.05) is 61.0 Å². The molecule has 2 heterocycles. The van der Waals surface area contributed by atoms with Crippen molar-refractivity contribution in [2.75, 3.05) is 11.5 Å². The van der Waals surface area contributed by atoms with Crippen LogP contribution in [0.5, 0.6) is 5.75 Å². The topological polar surface area (TPSA) is 80.6 Å². The Balaban J connectivity index is 1.44. The molecule has 1 saturated heterocycles. The Hall–Kier alpha value is -4.36. The fourth-order valence-corrected chi connectivity index (χ4v) is 4.55. The number of fused-ring (bicyclic) bond motifs is 1. The number of urea groups is 1. The highest BCUT2D eigenvalue weighted by atomic mass is 35.5. The Labute approximate surface area is 218 Å². The van der Waals surface area contributed by atoms with Crippen molar-refractivity contribution in [3.63, 3.8) is 0 Å². The first-order chi connectivity index (χ1) is 17.8. The number of benzene rings is 3. The number of nitrogens with one attached hydrogen (secondary N) is 1. The molecule has 0 spiro atoms. The lowest BCUT2D eigenvalue weighted by atomic mass is 10.1. The minimum absolute atomic E-state index is 0.135. The lowest BCUT2D eigenvalue weighted by Gasteiger charge is -2.26. The number of imide groups is 2. The predicted octanol–water partition coefficient (Wildman–Crippen LogP) is 5.66. The van der Waals surface area contributed by atoms with Crippen LogP contribution in [0.4, 0.5) is 10.5 Å². The molecule has 5 rings (SSSR count). The number of amides is 4. The van der Waals surface area contributed by atoms with Crippen LogP contribution in [0.15, 0.2) is 78.5 Å². The van der Waals surface area contributed by atoms with Gasteiger partial charge in [-0.1, -0.05) is 47.5 Å². The van der Waals surface area contributed by atoms with Crippen molar-refractivity contribution in [2.24, 2.45) is 0 Å². The molecule has 0 unspecified atom stereocenters. The number of para-hydroxylation sites is 1. The first kappa shape index (κ1) is 24.3. The summed E-state index contributed by atoms with van der Waals surface area (Å²) < 4.78 is 8.04. The first-order valence-electron chi connectivity index (χ1n) is 11.8. The Bertz CT molecular complexity index is 1570. The molecule has 8 heteroatoms. The summed E-state index contributed by atoms with van der Waals surface area (Å²) in [5.41, 5.74) is 4.06. The number of hydrogen-bond donors (Lipinski definition) is 1. The molecule has 4 amide bonds. The van der Waals surface area contributed by atoms with Gasteiger partial charge >= 0.3 is 6.03 Å². The van der Waals surface area contributed by atoms with E-state index in [9.17, 15) is 14.4 Å². The molecule has 1 fully saturated rings. The van der Waals surface area contributed by atoms with Crippen LogP contribution in [0.3, 0.4) is 0 Å². The van der Waals surface area contributed by atoms with Crippen LogP contribution < -0.4 is 15.0 Å². The molecule has 37 heavy (non-hydrogen) atoms. The van der Waals surface area contributed by atoms with Gasteiger partial charge in [0, 0.05) is 27.7 Å². The van der Waals surface area contributed by atoms with Gasteiger partial charge in [-0.2, -0.15) is 0 Å². The van der Waals surface area contributed by atoms with E-state index in [4.69, 9.17) is 16.3 Å². The van der Waals surface area contributed by atoms with E-state index in [0.717, 1.165) is 27.1 Å². The van der Waals surface area contributed by atoms with Gasteiger partial charge in [-0.25, -0.2) is 9.69 Å². The van der Waals surface area contributed by atoms with Crippen LogP contribution in [0.2, 0.25) is 5.02 Å². The first-order valence-corrected chi connectivity index (χ1v) is 12.1. The Kier molecular flexibility index (Phi) is 6.54. The highest BCUT2D eigenvalue weighted by Crippen LogP contribution is 2.27. The molecular formula is C29H24ClN3O4. The zero-order valence-electron chi connectivity index (χ0n) is 20.3. The third kappa shape index (κ3) is 4.86. The minimum Gasteiger partial charge on any atom is -0.491 e. The van der Waals surface area contributed by atoms with E-state index in [1.54, 1.807) is 24.3 Å². The number of aryl methyl sites for hydroxylation is 2. The van der Waals surface area contributed by atoms with E-state index < -0.39 is 17.8 Å². The molecule has 7 nitrogen and oxygen atoms in total. The van der Waals surface area contributed by atoms with Crippen molar-refractivity contribution in [1.82, 2.24) is 9.88 Å². The molecule has 1 aliphatic rings. The normalized spacial score (nSPS) is 14.9. The monoisotopic (exact) mass is 513 g/mol. The van der Waals surface area contributed by atoms with Crippen LogP contribution >= 0.6 is 11.6 Å². The number of halogens is 1. The zero-order chi connectivity index (χ0) is 26.1. The number of carbonyl (C=O) groups excluding carboxylic acids is 3. The average Bonchev–Trinajstić information content (AvgIpc) is 3.21. The van der Waals surface area contributed by atoms with E-state index in [2.05, 4.69) is 11.4 Å². The summed E-state index contributed by atoms with van der Waals surface area (Å²) in [6, 6.07) is 19.2.